The molecule has 5 heteroatoms. The van der Waals surface area contributed by atoms with E-state index in [0.717, 1.165) is 11.5 Å². The molecule has 5 nitrogen and oxygen atoms in total. The van der Waals surface area contributed by atoms with Crippen molar-refractivity contribution in [1.82, 2.24) is 9.78 Å². The van der Waals surface area contributed by atoms with Gasteiger partial charge >= 0.3 is 5.97 Å². The highest BCUT2D eigenvalue weighted by Crippen LogP contribution is 2.14. The number of aryl methyl sites for hydroxylation is 1. The van der Waals surface area contributed by atoms with Gasteiger partial charge in [-0.1, -0.05) is 0 Å². The van der Waals surface area contributed by atoms with Gasteiger partial charge in [-0.05, 0) is 24.3 Å². The van der Waals surface area contributed by atoms with Gasteiger partial charge in [0.2, 0.25) is 0 Å². The molecule has 0 aliphatic rings. The Morgan fingerprint density at radius 2 is 2.00 bits per heavy atom. The molecule has 2 N–H and O–H groups in total. The fourth-order valence-corrected chi connectivity index (χ4v) is 1.33. The van der Waals surface area contributed by atoms with E-state index in [1.54, 1.807) is 28.9 Å². The van der Waals surface area contributed by atoms with Crippen molar-refractivity contribution in [3.05, 3.63) is 42.1 Å². The molecule has 2 rings (SSSR count). The largest absolute Gasteiger partial charge is 0.478 e. The maximum atomic E-state index is 10.6. The van der Waals surface area contributed by atoms with Crippen LogP contribution in [-0.4, -0.2) is 20.9 Å². The summed E-state index contributed by atoms with van der Waals surface area (Å²) in [7, 11) is 1.83. The van der Waals surface area contributed by atoms with Gasteiger partial charge in [0.1, 0.15) is 0 Å². The Morgan fingerprint density at radius 1 is 1.31 bits per heavy atom. The first-order valence-corrected chi connectivity index (χ1v) is 4.75. The second kappa shape index (κ2) is 4.06. The van der Waals surface area contributed by atoms with Gasteiger partial charge in [-0.3, -0.25) is 4.68 Å². The Kier molecular flexibility index (Phi) is 2.59. The van der Waals surface area contributed by atoms with Crippen LogP contribution in [0.4, 0.5) is 11.5 Å². The molecule has 0 radical (unpaired) electrons. The van der Waals surface area contributed by atoms with E-state index in [4.69, 9.17) is 5.11 Å². The number of nitrogens with one attached hydrogen (secondary N) is 1. The van der Waals surface area contributed by atoms with Crippen molar-refractivity contribution < 1.29 is 9.90 Å². The fourth-order valence-electron chi connectivity index (χ4n) is 1.33. The van der Waals surface area contributed by atoms with Crippen LogP contribution in [0.1, 0.15) is 10.4 Å². The molecular formula is C11H11N3O2. The van der Waals surface area contributed by atoms with Crippen LogP contribution < -0.4 is 5.32 Å². The first-order chi connectivity index (χ1) is 7.65. The van der Waals surface area contributed by atoms with E-state index >= 15 is 0 Å². The van der Waals surface area contributed by atoms with Crippen LogP contribution in [0.5, 0.6) is 0 Å². The molecule has 16 heavy (non-hydrogen) atoms. The summed E-state index contributed by atoms with van der Waals surface area (Å²) in [4.78, 5) is 10.6. The van der Waals surface area contributed by atoms with E-state index in [9.17, 15) is 4.79 Å². The number of aromatic carboxylic acids is 1. The van der Waals surface area contributed by atoms with Gasteiger partial charge in [0.05, 0.1) is 5.56 Å². The van der Waals surface area contributed by atoms with Gasteiger partial charge in [-0.15, -0.1) is 0 Å². The first kappa shape index (κ1) is 10.2. The van der Waals surface area contributed by atoms with Crippen molar-refractivity contribution in [3.8, 4) is 0 Å². The van der Waals surface area contributed by atoms with Crippen molar-refractivity contribution in [1.29, 1.82) is 0 Å². The Labute approximate surface area is 92.3 Å². The van der Waals surface area contributed by atoms with Gasteiger partial charge in [-0.2, -0.15) is 5.10 Å². The molecule has 0 saturated carbocycles. The van der Waals surface area contributed by atoms with Crippen LogP contribution in [0.3, 0.4) is 0 Å². The van der Waals surface area contributed by atoms with Gasteiger partial charge in [-0.25, -0.2) is 4.79 Å². The summed E-state index contributed by atoms with van der Waals surface area (Å²) < 4.78 is 1.69. The molecule has 0 aliphatic heterocycles. The molecule has 0 fully saturated rings. The molecule has 0 amide bonds. The lowest BCUT2D eigenvalue weighted by molar-refractivity contribution is 0.0697. The number of anilines is 2. The third-order valence-corrected chi connectivity index (χ3v) is 2.12. The number of hydrogen-bond donors (Lipinski definition) is 2. The fraction of sp³-hybridized carbons (Fsp3) is 0.0909. The summed E-state index contributed by atoms with van der Waals surface area (Å²) in [6.45, 7) is 0. The predicted molar refractivity (Wildman–Crippen MR) is 59.9 cm³/mol. The number of carboxylic acid groups (broad SMARTS) is 1. The van der Waals surface area contributed by atoms with Gasteiger partial charge in [0.15, 0.2) is 5.82 Å². The minimum Gasteiger partial charge on any atom is -0.478 e. The van der Waals surface area contributed by atoms with Crippen molar-refractivity contribution in [3.63, 3.8) is 0 Å². The Hall–Kier alpha value is -2.30. The van der Waals surface area contributed by atoms with Crippen molar-refractivity contribution in [2.24, 2.45) is 7.05 Å². The van der Waals surface area contributed by atoms with E-state index in [0.29, 0.717) is 0 Å². The zero-order valence-electron chi connectivity index (χ0n) is 8.71. The Balaban J connectivity index is 2.14. The topological polar surface area (TPSA) is 67.2 Å². The molecule has 0 atom stereocenters. The van der Waals surface area contributed by atoms with Crippen molar-refractivity contribution in [2.45, 2.75) is 0 Å². The second-order valence-corrected chi connectivity index (χ2v) is 3.38. The number of benzene rings is 1. The molecule has 0 aliphatic carbocycles. The monoisotopic (exact) mass is 217 g/mol. The van der Waals surface area contributed by atoms with E-state index in [-0.39, 0.29) is 5.56 Å². The summed E-state index contributed by atoms with van der Waals surface area (Å²) >= 11 is 0. The summed E-state index contributed by atoms with van der Waals surface area (Å²) in [6, 6.07) is 8.35. The number of nitrogens with zero attached hydrogens (tertiary/aromatic N) is 2. The van der Waals surface area contributed by atoms with Crippen LogP contribution >= 0.6 is 0 Å². The second-order valence-electron chi connectivity index (χ2n) is 3.38. The molecule has 0 spiro atoms. The maximum absolute atomic E-state index is 10.6. The van der Waals surface area contributed by atoms with Crippen LogP contribution in [-0.2, 0) is 7.05 Å². The molecule has 0 bridgehead atoms. The van der Waals surface area contributed by atoms with Crippen LogP contribution in [0.15, 0.2) is 36.5 Å². The van der Waals surface area contributed by atoms with E-state index in [1.807, 2.05) is 19.3 Å². The third kappa shape index (κ3) is 2.20. The van der Waals surface area contributed by atoms with Crippen molar-refractivity contribution >= 4 is 17.5 Å². The minimum atomic E-state index is -0.926. The lowest BCUT2D eigenvalue weighted by Gasteiger charge is -2.02. The molecular weight excluding hydrogens is 206 g/mol. The number of carbonyl (C=O) groups is 1. The third-order valence-electron chi connectivity index (χ3n) is 2.12. The average Bonchev–Trinajstić information content (AvgIpc) is 2.65. The summed E-state index contributed by atoms with van der Waals surface area (Å²) in [5, 5.41) is 16.0. The number of aromatic nitrogens is 2. The van der Waals surface area contributed by atoms with Crippen molar-refractivity contribution in [2.75, 3.05) is 5.32 Å². The highest BCUT2D eigenvalue weighted by Gasteiger charge is 2.02. The van der Waals surface area contributed by atoms with Crippen LogP contribution in [0.2, 0.25) is 0 Å². The summed E-state index contributed by atoms with van der Waals surface area (Å²) in [6.07, 6.45) is 1.83. The van der Waals surface area contributed by atoms with Gasteiger partial charge < -0.3 is 10.4 Å². The molecule has 0 unspecified atom stereocenters. The zero-order valence-corrected chi connectivity index (χ0v) is 8.71. The normalized spacial score (nSPS) is 10.1. The molecule has 82 valence electrons. The van der Waals surface area contributed by atoms with Crippen LogP contribution in [0.25, 0.3) is 0 Å². The molecule has 1 aromatic heterocycles. The Bertz CT molecular complexity index is 502. The minimum absolute atomic E-state index is 0.270. The maximum Gasteiger partial charge on any atom is 0.335 e. The lowest BCUT2D eigenvalue weighted by atomic mass is 10.2. The van der Waals surface area contributed by atoms with E-state index in [1.165, 1.54) is 0 Å². The highest BCUT2D eigenvalue weighted by atomic mass is 16.4. The van der Waals surface area contributed by atoms with E-state index in [2.05, 4.69) is 10.4 Å². The predicted octanol–water partition coefficient (Wildman–Crippen LogP) is 1.86. The molecule has 1 heterocycles. The number of hydrogen-bond acceptors (Lipinski definition) is 3. The quantitative estimate of drug-likeness (QED) is 0.823. The number of carboxylic acids is 1. The SMILES string of the molecule is Cn1ccc(Nc2ccc(C(=O)O)cc2)n1. The summed E-state index contributed by atoms with van der Waals surface area (Å²) in [5.74, 6) is -0.199. The Morgan fingerprint density at radius 3 is 2.50 bits per heavy atom. The summed E-state index contributed by atoms with van der Waals surface area (Å²) in [5.41, 5.74) is 1.08. The standard InChI is InChI=1S/C11H11N3O2/c1-14-7-6-10(13-14)12-9-4-2-8(3-5-9)11(15)16/h2-7H,1H3,(H,12,13)(H,15,16). The smallest absolute Gasteiger partial charge is 0.335 e. The molecule has 0 saturated heterocycles. The highest BCUT2D eigenvalue weighted by molar-refractivity contribution is 5.88. The molecule has 2 aromatic rings. The van der Waals surface area contributed by atoms with Gasteiger partial charge in [0, 0.05) is 25.0 Å². The van der Waals surface area contributed by atoms with Crippen LogP contribution in [0, 0.1) is 0 Å². The van der Waals surface area contributed by atoms with Gasteiger partial charge in [0.25, 0.3) is 0 Å². The number of rotatable bonds is 3. The average molecular weight is 217 g/mol. The zero-order chi connectivity index (χ0) is 11.5. The molecule has 1 aromatic carbocycles. The lowest BCUT2D eigenvalue weighted by Crippen LogP contribution is -1.97. The van der Waals surface area contributed by atoms with E-state index < -0.39 is 5.97 Å². The first-order valence-electron chi connectivity index (χ1n) is 4.75.